The summed E-state index contributed by atoms with van der Waals surface area (Å²) in [6.07, 6.45) is 1.02. The monoisotopic (exact) mass is 356 g/mol. The van der Waals surface area contributed by atoms with Crippen LogP contribution >= 0.6 is 0 Å². The third kappa shape index (κ3) is 7.42. The lowest BCUT2D eigenvalue weighted by Crippen LogP contribution is -2.31. The van der Waals surface area contributed by atoms with Crippen molar-refractivity contribution >= 4 is 15.9 Å². The van der Waals surface area contributed by atoms with E-state index in [1.165, 1.54) is 0 Å². The van der Waals surface area contributed by atoms with Crippen LogP contribution in [0.1, 0.15) is 37.8 Å². The lowest BCUT2D eigenvalue weighted by atomic mass is 10.1. The van der Waals surface area contributed by atoms with Crippen molar-refractivity contribution in [2.24, 2.45) is 0 Å². The van der Waals surface area contributed by atoms with Crippen molar-refractivity contribution in [1.29, 1.82) is 0 Å². The van der Waals surface area contributed by atoms with E-state index >= 15 is 0 Å². The average molecular weight is 356 g/mol. The van der Waals surface area contributed by atoms with Crippen LogP contribution in [0.2, 0.25) is 0 Å². The Kier molecular flexibility index (Phi) is 8.38. The molecule has 136 valence electrons. The maximum Gasteiger partial charge on any atom is 0.240 e. The van der Waals surface area contributed by atoms with Crippen molar-refractivity contribution in [3.05, 3.63) is 29.3 Å². The van der Waals surface area contributed by atoms with Crippen LogP contribution in [-0.2, 0) is 19.6 Å². The molecule has 0 heterocycles. The highest BCUT2D eigenvalue weighted by molar-refractivity contribution is 7.89. The molecular weight excluding hydrogens is 328 g/mol. The van der Waals surface area contributed by atoms with Gasteiger partial charge in [0, 0.05) is 26.1 Å². The molecule has 24 heavy (non-hydrogen) atoms. The van der Waals surface area contributed by atoms with Gasteiger partial charge < -0.3 is 10.1 Å². The Morgan fingerprint density at radius 1 is 1.17 bits per heavy atom. The minimum absolute atomic E-state index is 0.0730. The Labute approximate surface area is 145 Å². The molecular formula is C17H28N2O4S. The van der Waals surface area contributed by atoms with Crippen LogP contribution < -0.4 is 10.0 Å². The Bertz CT molecular complexity index is 642. The first kappa shape index (κ1) is 20.6. The zero-order valence-corrected chi connectivity index (χ0v) is 15.7. The van der Waals surface area contributed by atoms with Gasteiger partial charge in [0.15, 0.2) is 0 Å². The van der Waals surface area contributed by atoms with Crippen molar-refractivity contribution in [3.63, 3.8) is 0 Å². The first-order valence-corrected chi connectivity index (χ1v) is 9.66. The van der Waals surface area contributed by atoms with Crippen LogP contribution in [0.3, 0.4) is 0 Å². The fourth-order valence-corrected chi connectivity index (χ4v) is 3.09. The molecule has 0 unspecified atom stereocenters. The summed E-state index contributed by atoms with van der Waals surface area (Å²) in [6, 6.07) is 4.97. The normalized spacial score (nSPS) is 11.7. The number of carbonyl (C=O) groups excluding carboxylic acids is 1. The molecule has 0 radical (unpaired) electrons. The maximum atomic E-state index is 12.2. The molecule has 0 saturated heterocycles. The van der Waals surface area contributed by atoms with Crippen LogP contribution in [0.5, 0.6) is 0 Å². The molecule has 0 aliphatic heterocycles. The van der Waals surface area contributed by atoms with Gasteiger partial charge in [0.25, 0.3) is 0 Å². The summed E-state index contributed by atoms with van der Waals surface area (Å²) in [6.45, 7) is 8.90. The van der Waals surface area contributed by atoms with Gasteiger partial charge in [0.05, 0.1) is 11.0 Å². The van der Waals surface area contributed by atoms with E-state index in [1.54, 1.807) is 18.2 Å². The van der Waals surface area contributed by atoms with Crippen molar-refractivity contribution in [2.75, 3.05) is 19.7 Å². The van der Waals surface area contributed by atoms with Crippen LogP contribution in [-0.4, -0.2) is 40.1 Å². The predicted molar refractivity (Wildman–Crippen MR) is 94.4 cm³/mol. The standard InChI is InChI=1S/C17H28N2O4S/c1-13(2)23-11-5-9-18-17(20)8-10-19-24(21,22)16-7-6-14(3)15(4)12-16/h6-7,12-13,19H,5,8-11H2,1-4H3,(H,18,20). The Morgan fingerprint density at radius 3 is 2.50 bits per heavy atom. The third-order valence-corrected chi connectivity index (χ3v) is 4.99. The number of hydrogen-bond acceptors (Lipinski definition) is 4. The van der Waals surface area contributed by atoms with Crippen LogP contribution in [0.25, 0.3) is 0 Å². The highest BCUT2D eigenvalue weighted by atomic mass is 32.2. The fraction of sp³-hybridized carbons (Fsp3) is 0.588. The predicted octanol–water partition coefficient (Wildman–Crippen LogP) is 1.90. The molecule has 1 aromatic carbocycles. The minimum Gasteiger partial charge on any atom is -0.379 e. The largest absolute Gasteiger partial charge is 0.379 e. The van der Waals surface area contributed by atoms with E-state index in [0.717, 1.165) is 17.5 Å². The van der Waals surface area contributed by atoms with Gasteiger partial charge in [-0.15, -0.1) is 0 Å². The Morgan fingerprint density at radius 2 is 1.88 bits per heavy atom. The van der Waals surface area contributed by atoms with Gasteiger partial charge in [-0.3, -0.25) is 4.79 Å². The summed E-state index contributed by atoms with van der Waals surface area (Å²) in [5.74, 6) is -0.178. The summed E-state index contributed by atoms with van der Waals surface area (Å²) >= 11 is 0. The molecule has 1 rings (SSSR count). The highest BCUT2D eigenvalue weighted by Gasteiger charge is 2.14. The summed E-state index contributed by atoms with van der Waals surface area (Å²) in [7, 11) is -3.58. The number of rotatable bonds is 10. The molecule has 0 atom stereocenters. The van der Waals surface area contributed by atoms with Crippen molar-refractivity contribution in [3.8, 4) is 0 Å². The van der Waals surface area contributed by atoms with E-state index in [2.05, 4.69) is 10.0 Å². The van der Waals surface area contributed by atoms with E-state index in [-0.39, 0.29) is 29.9 Å². The SMILES string of the molecule is Cc1ccc(S(=O)(=O)NCCC(=O)NCCCOC(C)C)cc1C. The summed E-state index contributed by atoms with van der Waals surface area (Å²) in [5, 5.41) is 2.75. The quantitative estimate of drug-likeness (QED) is 0.627. The van der Waals surface area contributed by atoms with Crippen molar-refractivity contribution < 1.29 is 17.9 Å². The number of ether oxygens (including phenoxy) is 1. The number of amides is 1. The molecule has 0 fully saturated rings. The zero-order chi connectivity index (χ0) is 18.2. The van der Waals surface area contributed by atoms with Gasteiger partial charge >= 0.3 is 0 Å². The molecule has 7 heteroatoms. The van der Waals surface area contributed by atoms with Crippen molar-refractivity contribution in [2.45, 2.75) is 51.5 Å². The number of nitrogens with one attached hydrogen (secondary N) is 2. The number of aryl methyl sites for hydroxylation is 2. The maximum absolute atomic E-state index is 12.2. The molecule has 2 N–H and O–H groups in total. The summed E-state index contributed by atoms with van der Waals surface area (Å²) in [4.78, 5) is 11.9. The summed E-state index contributed by atoms with van der Waals surface area (Å²) in [5.41, 5.74) is 1.95. The van der Waals surface area contributed by atoms with E-state index in [4.69, 9.17) is 4.74 Å². The van der Waals surface area contributed by atoms with Gasteiger partial charge in [0.1, 0.15) is 0 Å². The number of carbonyl (C=O) groups is 1. The average Bonchev–Trinajstić information content (AvgIpc) is 2.49. The van der Waals surface area contributed by atoms with E-state index in [9.17, 15) is 13.2 Å². The number of benzene rings is 1. The van der Waals surface area contributed by atoms with Crippen molar-refractivity contribution in [1.82, 2.24) is 10.0 Å². The fourth-order valence-electron chi connectivity index (χ4n) is 1.97. The first-order valence-electron chi connectivity index (χ1n) is 8.17. The van der Waals surface area contributed by atoms with E-state index in [1.807, 2.05) is 27.7 Å². The minimum atomic E-state index is -3.58. The zero-order valence-electron chi connectivity index (χ0n) is 14.9. The number of hydrogen-bond donors (Lipinski definition) is 2. The van der Waals surface area contributed by atoms with Crippen LogP contribution in [0.15, 0.2) is 23.1 Å². The molecule has 0 aromatic heterocycles. The molecule has 1 aromatic rings. The molecule has 0 aliphatic carbocycles. The molecule has 6 nitrogen and oxygen atoms in total. The van der Waals surface area contributed by atoms with Gasteiger partial charge in [-0.25, -0.2) is 13.1 Å². The summed E-state index contributed by atoms with van der Waals surface area (Å²) < 4.78 is 32.2. The molecule has 0 saturated carbocycles. The topological polar surface area (TPSA) is 84.5 Å². The first-order chi connectivity index (χ1) is 11.2. The highest BCUT2D eigenvalue weighted by Crippen LogP contribution is 2.14. The lowest BCUT2D eigenvalue weighted by Gasteiger charge is -2.10. The second-order valence-corrected chi connectivity index (χ2v) is 7.78. The Hall–Kier alpha value is -1.44. The third-order valence-electron chi connectivity index (χ3n) is 3.53. The molecule has 1 amide bonds. The molecule has 0 spiro atoms. The molecule has 0 bridgehead atoms. The second-order valence-electron chi connectivity index (χ2n) is 6.02. The lowest BCUT2D eigenvalue weighted by molar-refractivity contribution is -0.120. The van der Waals surface area contributed by atoms with Gasteiger partial charge in [0.2, 0.25) is 15.9 Å². The Balaban J connectivity index is 2.32. The number of sulfonamides is 1. The second kappa shape index (κ2) is 9.76. The van der Waals surface area contributed by atoms with Gasteiger partial charge in [-0.1, -0.05) is 6.07 Å². The molecule has 0 aliphatic rings. The van der Waals surface area contributed by atoms with Crippen LogP contribution in [0, 0.1) is 13.8 Å². The van der Waals surface area contributed by atoms with Gasteiger partial charge in [-0.05, 0) is 57.4 Å². The smallest absolute Gasteiger partial charge is 0.240 e. The van der Waals surface area contributed by atoms with E-state index in [0.29, 0.717) is 13.2 Å². The van der Waals surface area contributed by atoms with Crippen LogP contribution in [0.4, 0.5) is 0 Å². The van der Waals surface area contributed by atoms with E-state index < -0.39 is 10.0 Å². The van der Waals surface area contributed by atoms with Gasteiger partial charge in [-0.2, -0.15) is 0 Å².